The van der Waals surface area contributed by atoms with Gasteiger partial charge in [-0.2, -0.15) is 5.10 Å². The second-order valence-corrected chi connectivity index (χ2v) is 5.93. The molecule has 6 heteroatoms. The van der Waals surface area contributed by atoms with Crippen molar-refractivity contribution in [2.24, 2.45) is 16.4 Å². The second-order valence-electron chi connectivity index (χ2n) is 5.93. The standard InChI is InChI=1S/C17H22N2O4/c1-4-17(5-2)15(22)11(3)10-19(16(17)23)18-9-12-6-7-13(20)14(21)8-12/h6-9,11,20-21H,4-5,10H2,1-3H3/b18-9+. The first-order valence-electron chi connectivity index (χ1n) is 7.78. The Balaban J connectivity index is 2.28. The Morgan fingerprint density at radius 3 is 2.48 bits per heavy atom. The van der Waals surface area contributed by atoms with Gasteiger partial charge in [0.15, 0.2) is 17.3 Å². The van der Waals surface area contributed by atoms with Gasteiger partial charge in [0.1, 0.15) is 5.41 Å². The molecule has 1 aliphatic rings. The van der Waals surface area contributed by atoms with Gasteiger partial charge in [-0.15, -0.1) is 0 Å². The highest BCUT2D eigenvalue weighted by molar-refractivity contribution is 6.09. The van der Waals surface area contributed by atoms with E-state index in [1.165, 1.54) is 23.4 Å². The summed E-state index contributed by atoms with van der Waals surface area (Å²) in [7, 11) is 0. The van der Waals surface area contributed by atoms with Crippen LogP contribution in [0.4, 0.5) is 0 Å². The lowest BCUT2D eigenvalue weighted by molar-refractivity contribution is -0.158. The summed E-state index contributed by atoms with van der Waals surface area (Å²) in [6.07, 6.45) is 2.35. The monoisotopic (exact) mass is 318 g/mol. The SMILES string of the molecule is CCC1(CC)C(=O)C(C)CN(/N=C/c2ccc(O)c(O)c2)C1=O. The van der Waals surface area contributed by atoms with Gasteiger partial charge in [-0.05, 0) is 36.6 Å². The molecule has 1 aromatic carbocycles. The Labute approximate surface area is 135 Å². The van der Waals surface area contributed by atoms with E-state index in [0.29, 0.717) is 18.4 Å². The molecule has 1 saturated heterocycles. The van der Waals surface area contributed by atoms with Crippen LogP contribution in [-0.2, 0) is 9.59 Å². The number of piperidine rings is 1. The lowest BCUT2D eigenvalue weighted by atomic mass is 9.71. The summed E-state index contributed by atoms with van der Waals surface area (Å²) in [5.74, 6) is -1.02. The van der Waals surface area contributed by atoms with Crippen molar-refractivity contribution in [3.63, 3.8) is 0 Å². The van der Waals surface area contributed by atoms with Gasteiger partial charge in [0.05, 0.1) is 12.8 Å². The van der Waals surface area contributed by atoms with Crippen LogP contribution in [0.2, 0.25) is 0 Å². The van der Waals surface area contributed by atoms with Crippen LogP contribution < -0.4 is 0 Å². The van der Waals surface area contributed by atoms with E-state index in [2.05, 4.69) is 5.10 Å². The number of ketones is 1. The Bertz CT molecular complexity index is 650. The highest BCUT2D eigenvalue weighted by atomic mass is 16.3. The third-order valence-electron chi connectivity index (χ3n) is 4.56. The average molecular weight is 318 g/mol. The van der Waals surface area contributed by atoms with Crippen LogP contribution in [0.5, 0.6) is 11.5 Å². The lowest BCUT2D eigenvalue weighted by Gasteiger charge is -2.40. The molecule has 1 amide bonds. The van der Waals surface area contributed by atoms with Gasteiger partial charge < -0.3 is 10.2 Å². The van der Waals surface area contributed by atoms with Crippen LogP contribution in [0.15, 0.2) is 23.3 Å². The molecule has 6 nitrogen and oxygen atoms in total. The van der Waals surface area contributed by atoms with Crippen molar-refractivity contribution in [3.8, 4) is 11.5 Å². The molecule has 124 valence electrons. The number of aromatic hydroxyl groups is 2. The topological polar surface area (TPSA) is 90.2 Å². The predicted octanol–water partition coefficient (Wildman–Crippen LogP) is 2.29. The zero-order chi connectivity index (χ0) is 17.2. The highest BCUT2D eigenvalue weighted by Gasteiger charge is 2.50. The number of phenols is 2. The molecule has 1 heterocycles. The van der Waals surface area contributed by atoms with Gasteiger partial charge in [-0.3, -0.25) is 9.59 Å². The van der Waals surface area contributed by atoms with Crippen molar-refractivity contribution >= 4 is 17.9 Å². The minimum atomic E-state index is -0.994. The van der Waals surface area contributed by atoms with Crippen LogP contribution in [0, 0.1) is 11.3 Å². The Kier molecular flexibility index (Phi) is 4.73. The summed E-state index contributed by atoms with van der Waals surface area (Å²) in [5, 5.41) is 24.3. The second kappa shape index (κ2) is 6.40. The first kappa shape index (κ1) is 17.0. The first-order valence-corrected chi connectivity index (χ1v) is 7.78. The first-order chi connectivity index (χ1) is 10.9. The smallest absolute Gasteiger partial charge is 0.256 e. The molecule has 2 N–H and O–H groups in total. The van der Waals surface area contributed by atoms with Gasteiger partial charge >= 0.3 is 0 Å². The molecular formula is C17H22N2O4. The molecule has 0 spiro atoms. The molecule has 0 saturated carbocycles. The number of hydrogen-bond acceptors (Lipinski definition) is 5. The number of hydrazone groups is 1. The van der Waals surface area contributed by atoms with Crippen molar-refractivity contribution in [2.75, 3.05) is 6.54 Å². The molecule has 0 radical (unpaired) electrons. The third kappa shape index (κ3) is 2.93. The minimum Gasteiger partial charge on any atom is -0.504 e. The number of Topliss-reactive ketones (excluding diaryl/α,β-unsaturated/α-hetero) is 1. The largest absolute Gasteiger partial charge is 0.504 e. The van der Waals surface area contributed by atoms with E-state index in [-0.39, 0.29) is 35.7 Å². The van der Waals surface area contributed by atoms with Crippen LogP contribution >= 0.6 is 0 Å². The third-order valence-corrected chi connectivity index (χ3v) is 4.56. The number of nitrogens with zero attached hydrogens (tertiary/aromatic N) is 2. The van der Waals surface area contributed by atoms with Crippen molar-refractivity contribution in [1.82, 2.24) is 5.01 Å². The highest BCUT2D eigenvalue weighted by Crippen LogP contribution is 2.37. The number of carbonyl (C=O) groups is 2. The van der Waals surface area contributed by atoms with Crippen LogP contribution in [-0.4, -0.2) is 39.7 Å². The van der Waals surface area contributed by atoms with E-state index in [9.17, 15) is 19.8 Å². The molecule has 0 aliphatic carbocycles. The van der Waals surface area contributed by atoms with Crippen molar-refractivity contribution < 1.29 is 19.8 Å². The molecule has 1 unspecified atom stereocenters. The summed E-state index contributed by atoms with van der Waals surface area (Å²) >= 11 is 0. The van der Waals surface area contributed by atoms with Gasteiger partial charge in [0.25, 0.3) is 5.91 Å². The molecule has 0 aromatic heterocycles. The van der Waals surface area contributed by atoms with Crippen LogP contribution in [0.25, 0.3) is 0 Å². The Morgan fingerprint density at radius 1 is 1.26 bits per heavy atom. The maximum Gasteiger partial charge on any atom is 0.256 e. The van der Waals surface area contributed by atoms with E-state index in [1.807, 2.05) is 20.8 Å². The van der Waals surface area contributed by atoms with E-state index in [4.69, 9.17) is 0 Å². The number of hydrogen-bond donors (Lipinski definition) is 2. The van der Waals surface area contributed by atoms with Crippen LogP contribution in [0.3, 0.4) is 0 Å². The van der Waals surface area contributed by atoms with Crippen molar-refractivity contribution in [1.29, 1.82) is 0 Å². The Hall–Kier alpha value is -2.37. The molecule has 1 fully saturated rings. The van der Waals surface area contributed by atoms with E-state index in [1.54, 1.807) is 6.07 Å². The fourth-order valence-electron chi connectivity index (χ4n) is 3.01. The van der Waals surface area contributed by atoms with Gasteiger partial charge in [0, 0.05) is 5.92 Å². The molecule has 1 atom stereocenters. The summed E-state index contributed by atoms with van der Waals surface area (Å²) in [4.78, 5) is 25.2. The molecular weight excluding hydrogens is 296 g/mol. The maximum absolute atomic E-state index is 12.7. The molecule has 23 heavy (non-hydrogen) atoms. The summed E-state index contributed by atoms with van der Waals surface area (Å²) in [6.45, 7) is 5.75. The van der Waals surface area contributed by atoms with Gasteiger partial charge in [-0.1, -0.05) is 20.8 Å². The summed E-state index contributed by atoms with van der Waals surface area (Å²) in [6, 6.07) is 4.28. The van der Waals surface area contributed by atoms with Gasteiger partial charge in [-0.25, -0.2) is 5.01 Å². The predicted molar refractivity (Wildman–Crippen MR) is 86.3 cm³/mol. The maximum atomic E-state index is 12.7. The summed E-state index contributed by atoms with van der Waals surface area (Å²) in [5.41, 5.74) is -0.442. The number of carbonyl (C=O) groups excluding carboxylic acids is 2. The van der Waals surface area contributed by atoms with E-state index >= 15 is 0 Å². The Morgan fingerprint density at radius 2 is 1.91 bits per heavy atom. The summed E-state index contributed by atoms with van der Waals surface area (Å²) < 4.78 is 0. The minimum absolute atomic E-state index is 0.0128. The number of phenolic OH excluding ortho intramolecular Hbond substituents is 2. The molecule has 1 aromatic rings. The van der Waals surface area contributed by atoms with Crippen molar-refractivity contribution in [2.45, 2.75) is 33.6 Å². The fraction of sp³-hybridized carbons (Fsp3) is 0.471. The van der Waals surface area contributed by atoms with Crippen molar-refractivity contribution in [3.05, 3.63) is 23.8 Å². The van der Waals surface area contributed by atoms with Gasteiger partial charge in [0.2, 0.25) is 0 Å². The number of benzene rings is 1. The van der Waals surface area contributed by atoms with E-state index in [0.717, 1.165) is 0 Å². The number of amides is 1. The molecule has 0 bridgehead atoms. The quantitative estimate of drug-likeness (QED) is 0.506. The number of rotatable bonds is 4. The normalized spacial score (nSPS) is 21.2. The van der Waals surface area contributed by atoms with E-state index < -0.39 is 5.41 Å². The zero-order valence-electron chi connectivity index (χ0n) is 13.6. The zero-order valence-corrected chi connectivity index (χ0v) is 13.6. The average Bonchev–Trinajstić information content (AvgIpc) is 2.54. The molecule has 1 aliphatic heterocycles. The van der Waals surface area contributed by atoms with Crippen LogP contribution in [0.1, 0.15) is 39.2 Å². The molecule has 2 rings (SSSR count). The lowest BCUT2D eigenvalue weighted by Crippen LogP contribution is -2.55. The fourth-order valence-corrected chi connectivity index (χ4v) is 3.01.